The van der Waals surface area contributed by atoms with E-state index in [1.165, 1.54) is 0 Å². The van der Waals surface area contributed by atoms with E-state index in [9.17, 15) is 58.8 Å². The Kier molecular flexibility index (Phi) is 21.1. The Labute approximate surface area is 513 Å². The number of ketones is 2. The highest BCUT2D eigenvalue weighted by atomic mass is 16.4. The Morgan fingerprint density at radius 3 is 1.34 bits per heavy atom. The molecule has 86 heavy (non-hydrogen) atoms. The molecule has 10 fully saturated rings. The van der Waals surface area contributed by atoms with Crippen molar-refractivity contribution in [1.29, 1.82) is 0 Å². The minimum atomic E-state index is -1.10. The molecule has 10 aliphatic carbocycles. The number of carbonyl (C=O) groups excluding carboxylic acids is 5. The molecule has 0 aromatic heterocycles. The fourth-order valence-corrected chi connectivity index (χ4v) is 23.7. The molecule has 7 N–H and O–H groups in total. The van der Waals surface area contributed by atoms with Gasteiger partial charge >= 0.3 is 17.9 Å². The topological polar surface area (TPSA) is 278 Å². The van der Waals surface area contributed by atoms with Crippen LogP contribution < -0.4 is 0 Å². The van der Waals surface area contributed by atoms with Gasteiger partial charge in [0, 0.05) is 73.0 Å². The number of fused-ring (bicyclic) bond motifs is 7. The molecule has 10 rings (SSSR count). The van der Waals surface area contributed by atoms with Crippen LogP contribution in [0.3, 0.4) is 0 Å². The van der Waals surface area contributed by atoms with Crippen LogP contribution in [0.5, 0.6) is 0 Å². The third-order valence-electron chi connectivity index (χ3n) is 28.6. The Morgan fingerprint density at radius 1 is 0.488 bits per heavy atom. The minimum absolute atomic E-state index is 0.0492. The van der Waals surface area contributed by atoms with Gasteiger partial charge in [-0.25, -0.2) is 0 Å². The van der Waals surface area contributed by atoms with E-state index in [-0.39, 0.29) is 101 Å². The van der Waals surface area contributed by atoms with Gasteiger partial charge in [-0.2, -0.15) is 0 Å². The first kappa shape index (κ1) is 68.5. The number of aliphatic hydroxyl groups excluding tert-OH is 3. The van der Waals surface area contributed by atoms with Gasteiger partial charge in [0.1, 0.15) is 30.4 Å². The zero-order chi connectivity index (χ0) is 63.3. The molecular formula is C71H112O15. The number of carboxylic acid groups (broad SMARTS) is 3. The normalized spacial score (nSPS) is 46.9. The first-order valence-electron chi connectivity index (χ1n) is 34.2. The van der Waals surface area contributed by atoms with Gasteiger partial charge in [0.25, 0.3) is 0 Å². The summed E-state index contributed by atoms with van der Waals surface area (Å²) in [6.07, 6.45) is 22.2. The largest absolute Gasteiger partial charge is 0.481 e. The SMILES string of the molecule is C[C@H](CCC(=O)O)[C@H]1CCC2C(C=O)C([C@@]3(C)CC[C@H](O)CC3=O)CC[C@@]21C.C[C@H](CCC(=O)O)[C@H]1CCC2C(CC=O)C([C@@]3(C)CC[C@H](O)CC3=O)CC[C@@]21C.C[C@H](CCC(=O)O)[C@H]1CCC2C3C(CC[C@@]21C)[C@@]1(C)CC[C@H](O)C[C@@]1(O)[C@@H]3C=O. The van der Waals surface area contributed by atoms with Crippen molar-refractivity contribution in [3.63, 3.8) is 0 Å². The zero-order valence-electron chi connectivity index (χ0n) is 53.9. The monoisotopic (exact) mass is 1200 g/mol. The summed E-state index contributed by atoms with van der Waals surface area (Å²) in [5, 5.41) is 69.1. The van der Waals surface area contributed by atoms with E-state index in [2.05, 4.69) is 55.4 Å². The van der Waals surface area contributed by atoms with E-state index >= 15 is 0 Å². The van der Waals surface area contributed by atoms with Crippen LogP contribution in [-0.4, -0.2) is 108 Å². The molecule has 0 spiro atoms. The Bertz CT molecular complexity index is 2480. The Hall–Kier alpha value is -3.40. The summed E-state index contributed by atoms with van der Waals surface area (Å²) < 4.78 is 0. The molecule has 0 bridgehead atoms. The van der Waals surface area contributed by atoms with Gasteiger partial charge in [0.2, 0.25) is 0 Å². The number of carbonyl (C=O) groups is 8. The molecule has 15 nitrogen and oxygen atoms in total. The van der Waals surface area contributed by atoms with E-state index in [1.807, 2.05) is 6.92 Å². The van der Waals surface area contributed by atoms with Gasteiger partial charge in [-0.1, -0.05) is 62.3 Å². The van der Waals surface area contributed by atoms with Gasteiger partial charge < -0.3 is 50.1 Å². The van der Waals surface area contributed by atoms with E-state index < -0.39 is 58.6 Å². The maximum Gasteiger partial charge on any atom is 0.303 e. The van der Waals surface area contributed by atoms with Gasteiger partial charge in [-0.3, -0.25) is 24.0 Å². The van der Waals surface area contributed by atoms with Crippen molar-refractivity contribution in [1.82, 2.24) is 0 Å². The summed E-state index contributed by atoms with van der Waals surface area (Å²) in [6, 6.07) is 0. The van der Waals surface area contributed by atoms with E-state index in [0.717, 1.165) is 109 Å². The zero-order valence-corrected chi connectivity index (χ0v) is 53.9. The molecule has 10 saturated carbocycles. The van der Waals surface area contributed by atoms with Crippen LogP contribution in [0.1, 0.15) is 242 Å². The van der Waals surface area contributed by atoms with Crippen molar-refractivity contribution >= 4 is 48.3 Å². The molecular weight excluding hydrogens is 1090 g/mol. The van der Waals surface area contributed by atoms with Gasteiger partial charge in [0.15, 0.2) is 0 Å². The van der Waals surface area contributed by atoms with Crippen molar-refractivity contribution < 1.29 is 74.1 Å². The van der Waals surface area contributed by atoms with Crippen molar-refractivity contribution in [2.24, 2.45) is 127 Å². The van der Waals surface area contributed by atoms with Crippen molar-refractivity contribution in [2.45, 2.75) is 266 Å². The van der Waals surface area contributed by atoms with Gasteiger partial charge in [0.05, 0.1) is 23.9 Å². The number of Topliss-reactive ketones (excluding diaryl/α,β-unsaturated/α-hetero) is 2. The molecule has 26 atom stereocenters. The lowest BCUT2D eigenvalue weighted by Gasteiger charge is -2.54. The van der Waals surface area contributed by atoms with Crippen LogP contribution >= 0.6 is 0 Å². The maximum atomic E-state index is 13.0. The lowest BCUT2D eigenvalue weighted by Crippen LogP contribution is -2.54. The summed E-state index contributed by atoms with van der Waals surface area (Å²) in [7, 11) is 0. The van der Waals surface area contributed by atoms with Crippen LogP contribution in [0, 0.1) is 127 Å². The molecule has 10 aliphatic rings. The van der Waals surface area contributed by atoms with E-state index in [4.69, 9.17) is 15.3 Å². The van der Waals surface area contributed by atoms with Crippen LogP contribution in [0.4, 0.5) is 0 Å². The second-order valence-corrected chi connectivity index (χ2v) is 32.3. The predicted molar refractivity (Wildman–Crippen MR) is 325 cm³/mol. The summed E-state index contributed by atoms with van der Waals surface area (Å²) >= 11 is 0. The minimum Gasteiger partial charge on any atom is -0.481 e. The molecule has 0 aliphatic heterocycles. The highest BCUT2D eigenvalue weighted by molar-refractivity contribution is 5.87. The van der Waals surface area contributed by atoms with E-state index in [0.29, 0.717) is 111 Å². The average molecular weight is 1210 g/mol. The molecule has 0 saturated heterocycles. The number of rotatable bonds is 18. The first-order chi connectivity index (χ1) is 40.3. The highest BCUT2D eigenvalue weighted by Gasteiger charge is 2.72. The second-order valence-electron chi connectivity index (χ2n) is 32.3. The lowest BCUT2D eigenvalue weighted by molar-refractivity contribution is -0.156. The first-order valence-corrected chi connectivity index (χ1v) is 34.2. The molecule has 0 radical (unpaired) electrons. The summed E-state index contributed by atoms with van der Waals surface area (Å²) in [4.78, 5) is 95.2. The number of aliphatic carboxylic acids is 3. The van der Waals surface area contributed by atoms with E-state index in [1.54, 1.807) is 0 Å². The highest BCUT2D eigenvalue weighted by Crippen LogP contribution is 2.73. The fourth-order valence-electron chi connectivity index (χ4n) is 23.7. The number of carboxylic acids is 3. The molecule has 0 aromatic rings. The molecule has 15 heteroatoms. The lowest BCUT2D eigenvalue weighted by atomic mass is 9.49. The van der Waals surface area contributed by atoms with Crippen LogP contribution in [0.25, 0.3) is 0 Å². The number of aliphatic hydroxyl groups is 4. The smallest absolute Gasteiger partial charge is 0.303 e. The van der Waals surface area contributed by atoms with Crippen molar-refractivity contribution in [3.05, 3.63) is 0 Å². The summed E-state index contributed by atoms with van der Waals surface area (Å²) in [6.45, 7) is 19.8. The van der Waals surface area contributed by atoms with Gasteiger partial charge in [-0.15, -0.1) is 0 Å². The molecule has 9 unspecified atom stereocenters. The summed E-state index contributed by atoms with van der Waals surface area (Å²) in [5.41, 5.74) is -2.04. The number of hydrogen-bond acceptors (Lipinski definition) is 12. The molecule has 0 amide bonds. The molecule has 486 valence electrons. The Balaban J connectivity index is 0.000000168. The number of hydrogen-bond donors (Lipinski definition) is 7. The van der Waals surface area contributed by atoms with Crippen molar-refractivity contribution in [2.75, 3.05) is 0 Å². The van der Waals surface area contributed by atoms with Gasteiger partial charge in [-0.05, 0) is 234 Å². The average Bonchev–Trinajstić information content (AvgIpc) is 1.70. The number of aldehydes is 3. The Morgan fingerprint density at radius 2 is 0.895 bits per heavy atom. The predicted octanol–water partition coefficient (Wildman–Crippen LogP) is 11.8. The third-order valence-corrected chi connectivity index (χ3v) is 28.6. The van der Waals surface area contributed by atoms with Crippen molar-refractivity contribution in [3.8, 4) is 0 Å². The molecule has 0 aromatic carbocycles. The molecule has 0 heterocycles. The summed E-state index contributed by atoms with van der Waals surface area (Å²) in [5.74, 6) is 2.14. The fraction of sp³-hybridized carbons (Fsp3) is 0.887. The van der Waals surface area contributed by atoms with Crippen LogP contribution in [0.2, 0.25) is 0 Å². The second kappa shape index (κ2) is 26.4. The maximum absolute atomic E-state index is 13.0. The third kappa shape index (κ3) is 12.3. The van der Waals surface area contributed by atoms with Crippen LogP contribution in [-0.2, 0) is 38.4 Å². The quantitative estimate of drug-likeness (QED) is 0.0629. The standard InChI is InChI=1S/2C24H38O5.C23H36O5/c1-14(4-7-20(27)28)16-5-6-17-21-18(9-10-22(16,17)2)23(3)11-8-15(26)12-24(23,29)19(21)13-25;1-15(4-7-22(28)29)18-5-6-19-17(10-13-25)20(9-12-23(18,19)2)24(3)11-8-16(26)14-21(24)27;1-14(4-7-21(27)28)17-5-6-18-16(13-24)19(9-11-22(17,18)2)23(3)10-8-15(25)12-20(23)26/h13-19,21,26,29H,4-12H2,1-3H3,(H,27,28);13,15-20,26H,4-12,14H2,1-3H3,(H,28,29);13-19,25H,4-12H2,1-3H3,(H,27,28)/t14-,15+,16-,17?,18?,19-,21?,22-,23-,24-;15-,16+,17?,18-,19?,20?,23-,24-;14-,15+,16?,17-,18?,19?,22-,23-/m111/s1. The van der Waals surface area contributed by atoms with Crippen LogP contribution in [0.15, 0.2) is 0 Å².